The van der Waals surface area contributed by atoms with Gasteiger partial charge in [-0.15, -0.1) is 0 Å². The number of aliphatic hydroxyl groups excluding tert-OH is 1. The van der Waals surface area contributed by atoms with E-state index in [-0.39, 0.29) is 11.4 Å². The van der Waals surface area contributed by atoms with Gasteiger partial charge in [-0.05, 0) is 36.2 Å². The molecule has 3 N–H and O–H groups in total. The number of nitrogens with zero attached hydrogens (tertiary/aromatic N) is 1. The minimum atomic E-state index is -4.79. The van der Waals surface area contributed by atoms with Gasteiger partial charge in [-0.3, -0.25) is 0 Å². The third-order valence-electron chi connectivity index (χ3n) is 3.13. The smallest absolute Gasteiger partial charge is 0.383 e. The van der Waals surface area contributed by atoms with E-state index in [2.05, 4.69) is 4.98 Å². The first kappa shape index (κ1) is 15.2. The van der Waals surface area contributed by atoms with Crippen LogP contribution < -0.4 is 5.73 Å². The number of aliphatic hydroxyl groups is 1. The van der Waals surface area contributed by atoms with Gasteiger partial charge in [-0.25, -0.2) is 9.37 Å². The molecule has 2 rings (SSSR count). The van der Waals surface area contributed by atoms with Crippen LogP contribution in [0, 0.1) is 12.7 Å². The van der Waals surface area contributed by atoms with Crippen molar-refractivity contribution in [3.8, 4) is 0 Å². The number of halogens is 4. The quantitative estimate of drug-likeness (QED) is 0.837. The number of benzene rings is 1. The fraction of sp³-hybridized carbons (Fsp3) is 0.214. The molecule has 0 aliphatic carbocycles. The van der Waals surface area contributed by atoms with Crippen LogP contribution in [0.3, 0.4) is 0 Å². The van der Waals surface area contributed by atoms with Crippen LogP contribution in [0.25, 0.3) is 0 Å². The highest BCUT2D eigenvalue weighted by Gasteiger charge is 2.36. The summed E-state index contributed by atoms with van der Waals surface area (Å²) in [4.78, 5) is 3.76. The number of nitrogens with two attached hydrogens (primary N) is 1. The van der Waals surface area contributed by atoms with E-state index in [0.717, 1.165) is 12.1 Å². The lowest BCUT2D eigenvalue weighted by Crippen LogP contribution is -2.15. The number of hydrogen-bond donors (Lipinski definition) is 2. The maximum absolute atomic E-state index is 13.1. The molecule has 0 aliphatic heterocycles. The normalized spacial score (nSPS) is 13.2. The van der Waals surface area contributed by atoms with Gasteiger partial charge in [-0.2, -0.15) is 13.2 Å². The molecule has 2 aromatic rings. The third kappa shape index (κ3) is 2.97. The number of aromatic nitrogens is 1. The Kier molecular flexibility index (Phi) is 3.87. The van der Waals surface area contributed by atoms with Crippen LogP contribution in [0.15, 0.2) is 30.5 Å². The van der Waals surface area contributed by atoms with E-state index in [0.29, 0.717) is 11.6 Å². The van der Waals surface area contributed by atoms with Crippen LogP contribution in [0.2, 0.25) is 0 Å². The van der Waals surface area contributed by atoms with E-state index in [1.54, 1.807) is 6.92 Å². The molecule has 0 amide bonds. The second kappa shape index (κ2) is 5.33. The van der Waals surface area contributed by atoms with Crippen molar-refractivity contribution in [2.75, 3.05) is 5.73 Å². The van der Waals surface area contributed by atoms with Crippen LogP contribution in [0.1, 0.15) is 28.4 Å². The summed E-state index contributed by atoms with van der Waals surface area (Å²) in [6.45, 7) is 1.59. The van der Waals surface area contributed by atoms with Gasteiger partial charge in [0.15, 0.2) is 0 Å². The molecular formula is C14H12F4N2O. The van der Waals surface area contributed by atoms with Crippen LogP contribution in [-0.4, -0.2) is 10.1 Å². The summed E-state index contributed by atoms with van der Waals surface area (Å²) in [6, 6.07) is 3.62. The molecule has 0 radical (unpaired) electrons. The molecule has 1 heterocycles. The minimum absolute atomic E-state index is 0.0695. The number of nitrogen functional groups attached to an aromatic ring is 1. The lowest BCUT2D eigenvalue weighted by atomic mass is 9.94. The van der Waals surface area contributed by atoms with Crippen molar-refractivity contribution in [3.63, 3.8) is 0 Å². The number of anilines is 1. The van der Waals surface area contributed by atoms with Crippen molar-refractivity contribution in [3.05, 3.63) is 58.5 Å². The van der Waals surface area contributed by atoms with Gasteiger partial charge in [0, 0.05) is 11.8 Å². The molecule has 112 valence electrons. The number of rotatable bonds is 2. The Bertz CT molecular complexity index is 650. The first-order valence-electron chi connectivity index (χ1n) is 5.97. The van der Waals surface area contributed by atoms with Gasteiger partial charge in [0.25, 0.3) is 0 Å². The standard InChI is InChI=1S/C14H12F4N2O/c1-7-4-5-20-13(19)11(7)12(21)9-3-2-8(15)6-10(9)14(16,17)18/h2-6,12,21H,1H3,(H2,19,20). The highest BCUT2D eigenvalue weighted by atomic mass is 19.4. The van der Waals surface area contributed by atoms with Gasteiger partial charge in [-0.1, -0.05) is 6.07 Å². The zero-order valence-corrected chi connectivity index (χ0v) is 10.9. The molecule has 1 aromatic carbocycles. The first-order chi connectivity index (χ1) is 9.71. The van der Waals surface area contributed by atoms with Crippen molar-refractivity contribution in [2.45, 2.75) is 19.2 Å². The summed E-state index contributed by atoms with van der Waals surface area (Å²) in [5.74, 6) is -1.10. The van der Waals surface area contributed by atoms with Gasteiger partial charge in [0.05, 0.1) is 5.56 Å². The van der Waals surface area contributed by atoms with E-state index in [1.807, 2.05) is 0 Å². The van der Waals surface area contributed by atoms with E-state index in [4.69, 9.17) is 5.73 Å². The molecule has 0 spiro atoms. The van der Waals surface area contributed by atoms with E-state index in [9.17, 15) is 22.7 Å². The molecule has 7 heteroatoms. The Morgan fingerprint density at radius 2 is 1.90 bits per heavy atom. The average molecular weight is 300 g/mol. The maximum atomic E-state index is 13.1. The minimum Gasteiger partial charge on any atom is -0.383 e. The Balaban J connectivity index is 2.62. The Hall–Kier alpha value is -2.15. The third-order valence-corrected chi connectivity index (χ3v) is 3.13. The zero-order valence-electron chi connectivity index (χ0n) is 10.9. The predicted octanol–water partition coefficient (Wildman–Crippen LogP) is 3.21. The Morgan fingerprint density at radius 1 is 1.24 bits per heavy atom. The second-order valence-electron chi connectivity index (χ2n) is 4.56. The molecule has 1 unspecified atom stereocenters. The predicted molar refractivity (Wildman–Crippen MR) is 68.9 cm³/mol. The van der Waals surface area contributed by atoms with Crippen LogP contribution >= 0.6 is 0 Å². The fourth-order valence-corrected chi connectivity index (χ4v) is 2.11. The molecular weight excluding hydrogens is 288 g/mol. The fourth-order valence-electron chi connectivity index (χ4n) is 2.11. The van der Waals surface area contributed by atoms with Crippen molar-refractivity contribution in [1.82, 2.24) is 4.98 Å². The van der Waals surface area contributed by atoms with Crippen molar-refractivity contribution >= 4 is 5.82 Å². The molecule has 0 saturated heterocycles. The molecule has 0 saturated carbocycles. The van der Waals surface area contributed by atoms with Gasteiger partial charge in [0.1, 0.15) is 17.7 Å². The van der Waals surface area contributed by atoms with E-state index >= 15 is 0 Å². The lowest BCUT2D eigenvalue weighted by Gasteiger charge is -2.20. The van der Waals surface area contributed by atoms with Gasteiger partial charge < -0.3 is 10.8 Å². The SMILES string of the molecule is Cc1ccnc(N)c1C(O)c1ccc(F)cc1C(F)(F)F. The van der Waals surface area contributed by atoms with Crippen LogP contribution in [0.4, 0.5) is 23.4 Å². The van der Waals surface area contributed by atoms with Crippen molar-refractivity contribution < 1.29 is 22.7 Å². The van der Waals surface area contributed by atoms with Gasteiger partial charge >= 0.3 is 6.18 Å². The number of aryl methyl sites for hydroxylation is 1. The largest absolute Gasteiger partial charge is 0.416 e. The summed E-state index contributed by atoms with van der Waals surface area (Å²) in [5, 5.41) is 10.2. The first-order valence-corrected chi connectivity index (χ1v) is 5.97. The van der Waals surface area contributed by atoms with Crippen molar-refractivity contribution in [1.29, 1.82) is 0 Å². The second-order valence-corrected chi connectivity index (χ2v) is 4.56. The Labute approximate surface area is 118 Å². The summed E-state index contributed by atoms with van der Waals surface area (Å²) in [7, 11) is 0. The molecule has 1 aromatic heterocycles. The topological polar surface area (TPSA) is 59.1 Å². The molecule has 21 heavy (non-hydrogen) atoms. The Morgan fingerprint density at radius 3 is 2.48 bits per heavy atom. The van der Waals surface area contributed by atoms with E-state index in [1.165, 1.54) is 12.3 Å². The zero-order chi connectivity index (χ0) is 15.8. The molecule has 0 bridgehead atoms. The highest BCUT2D eigenvalue weighted by molar-refractivity contribution is 5.50. The molecule has 0 fully saturated rings. The summed E-state index contributed by atoms with van der Waals surface area (Å²) in [5.41, 5.74) is 4.49. The molecule has 0 aliphatic rings. The van der Waals surface area contributed by atoms with E-state index < -0.39 is 29.2 Å². The highest BCUT2D eigenvalue weighted by Crippen LogP contribution is 2.38. The average Bonchev–Trinajstić information content (AvgIpc) is 2.37. The van der Waals surface area contributed by atoms with Crippen LogP contribution in [0.5, 0.6) is 0 Å². The van der Waals surface area contributed by atoms with Crippen LogP contribution in [-0.2, 0) is 6.18 Å². The molecule has 3 nitrogen and oxygen atoms in total. The maximum Gasteiger partial charge on any atom is 0.416 e. The number of alkyl halides is 3. The summed E-state index contributed by atoms with van der Waals surface area (Å²) in [6.07, 6.45) is -5.05. The van der Waals surface area contributed by atoms with Crippen molar-refractivity contribution in [2.24, 2.45) is 0 Å². The molecule has 1 atom stereocenters. The van der Waals surface area contributed by atoms with Gasteiger partial charge in [0.2, 0.25) is 0 Å². The monoisotopic (exact) mass is 300 g/mol. The lowest BCUT2D eigenvalue weighted by molar-refractivity contribution is -0.139. The summed E-state index contributed by atoms with van der Waals surface area (Å²) < 4.78 is 52.0. The number of pyridine rings is 1. The summed E-state index contributed by atoms with van der Waals surface area (Å²) >= 11 is 0. The number of hydrogen-bond acceptors (Lipinski definition) is 3.